The molecule has 14 heteroatoms. The number of pyridine rings is 2. The molecule has 0 radical (unpaired) electrons. The normalized spacial score (nSPS) is 12.1. The quantitative estimate of drug-likeness (QED) is 0.220. The Hall–Kier alpha value is -4.23. The second-order valence-electron chi connectivity index (χ2n) is 8.02. The van der Waals surface area contributed by atoms with Crippen LogP contribution in [0.15, 0.2) is 84.1 Å². The molecule has 1 N–H and O–H groups in total. The average Bonchev–Trinajstić information content (AvgIpc) is 3.35. The number of nitrogens with one attached hydrogen (secondary N) is 1. The minimum Gasteiger partial charge on any atom is -0.453 e. The molecule has 200 valence electrons. The summed E-state index contributed by atoms with van der Waals surface area (Å²) in [5.41, 5.74) is 0.138. The second kappa shape index (κ2) is 9.82. The molecule has 0 aliphatic rings. The van der Waals surface area contributed by atoms with Crippen LogP contribution in [0.5, 0.6) is 11.5 Å². The highest BCUT2D eigenvalue weighted by atomic mass is 35.5. The lowest BCUT2D eigenvalue weighted by Crippen LogP contribution is -2.19. The number of benzene rings is 2. The summed E-state index contributed by atoms with van der Waals surface area (Å²) in [4.78, 5) is 6.33. The second-order valence-corrected chi connectivity index (χ2v) is 10.1. The van der Waals surface area contributed by atoms with Gasteiger partial charge in [-0.15, -0.1) is 0 Å². The maximum atomic E-state index is 15.0. The van der Waals surface area contributed by atoms with Gasteiger partial charge in [0.25, 0.3) is 10.0 Å². The first-order valence-electron chi connectivity index (χ1n) is 10.9. The molecule has 2 aromatic carbocycles. The van der Waals surface area contributed by atoms with Crippen LogP contribution in [0.1, 0.15) is 5.56 Å². The molecule has 3 aromatic heterocycles. The zero-order valence-electron chi connectivity index (χ0n) is 19.2. The maximum absolute atomic E-state index is 15.0. The fourth-order valence-corrected chi connectivity index (χ4v) is 5.04. The van der Waals surface area contributed by atoms with E-state index >= 15 is 4.39 Å². The number of ether oxygens (including phenoxy) is 1. The zero-order chi connectivity index (χ0) is 27.9. The summed E-state index contributed by atoms with van der Waals surface area (Å²) >= 11 is 6.16. The van der Waals surface area contributed by atoms with E-state index in [1.807, 2.05) is 0 Å². The molecule has 0 fully saturated rings. The zero-order valence-corrected chi connectivity index (χ0v) is 20.8. The van der Waals surface area contributed by atoms with E-state index in [0.717, 1.165) is 12.3 Å². The standard InChI is InChI=1S/C25H14ClF5N4O3S/c26-14-6-7-20(15(11-14)19-4-1-5-23-32-9-10-35(19)23)38-21-12-18(28)22(13-17(21)27)39(36,37)34-24-16(25(29,30)31)3-2-8-33-24/h1-13H,(H,33,34). The average molecular weight is 581 g/mol. The van der Waals surface area contributed by atoms with Crippen molar-refractivity contribution in [3.63, 3.8) is 0 Å². The van der Waals surface area contributed by atoms with E-state index in [-0.39, 0.29) is 5.75 Å². The first-order valence-corrected chi connectivity index (χ1v) is 12.7. The number of hydrogen-bond acceptors (Lipinski definition) is 5. The Balaban J connectivity index is 1.51. The van der Waals surface area contributed by atoms with Gasteiger partial charge in [0.1, 0.15) is 22.1 Å². The van der Waals surface area contributed by atoms with Crippen LogP contribution in [0.3, 0.4) is 0 Å². The van der Waals surface area contributed by atoms with Gasteiger partial charge in [-0.2, -0.15) is 13.2 Å². The van der Waals surface area contributed by atoms with Crippen LogP contribution in [0.25, 0.3) is 16.9 Å². The summed E-state index contributed by atoms with van der Waals surface area (Å²) < 4.78 is 104. The van der Waals surface area contributed by atoms with Crippen molar-refractivity contribution < 1.29 is 35.1 Å². The van der Waals surface area contributed by atoms with E-state index in [1.165, 1.54) is 18.2 Å². The SMILES string of the molecule is O=S(=O)(Nc1ncccc1C(F)(F)F)c1cc(F)c(Oc2ccc(Cl)cc2-c2cccc3nccn23)cc1F. The summed E-state index contributed by atoms with van der Waals surface area (Å²) in [6.07, 6.45) is -0.803. The minimum atomic E-state index is -5.02. The number of anilines is 1. The fourth-order valence-electron chi connectivity index (χ4n) is 3.77. The number of alkyl halides is 3. The first kappa shape index (κ1) is 26.4. The number of rotatable bonds is 6. The molecule has 0 saturated heterocycles. The fraction of sp³-hybridized carbons (Fsp3) is 0.0400. The molecule has 5 rings (SSSR count). The minimum absolute atomic E-state index is 0.0518. The van der Waals surface area contributed by atoms with Crippen molar-refractivity contribution in [2.24, 2.45) is 0 Å². The number of imidazole rings is 1. The first-order chi connectivity index (χ1) is 18.4. The summed E-state index contributed by atoms with van der Waals surface area (Å²) in [6, 6.07) is 11.9. The van der Waals surface area contributed by atoms with Crippen LogP contribution in [0.2, 0.25) is 5.02 Å². The third-order valence-electron chi connectivity index (χ3n) is 5.49. The molecule has 39 heavy (non-hydrogen) atoms. The van der Waals surface area contributed by atoms with Crippen molar-refractivity contribution in [1.29, 1.82) is 0 Å². The van der Waals surface area contributed by atoms with Crippen LogP contribution in [0.4, 0.5) is 27.8 Å². The molecular weight excluding hydrogens is 567 g/mol. The van der Waals surface area contributed by atoms with Gasteiger partial charge < -0.3 is 4.74 Å². The van der Waals surface area contributed by atoms with Crippen molar-refractivity contribution in [2.45, 2.75) is 11.1 Å². The van der Waals surface area contributed by atoms with E-state index in [1.54, 1.807) is 39.7 Å². The Kier molecular flexibility index (Phi) is 6.64. The van der Waals surface area contributed by atoms with Gasteiger partial charge in [0, 0.05) is 41.3 Å². The van der Waals surface area contributed by atoms with Crippen molar-refractivity contribution in [2.75, 3.05) is 4.72 Å². The van der Waals surface area contributed by atoms with Crippen molar-refractivity contribution in [1.82, 2.24) is 14.4 Å². The molecule has 0 aliphatic heterocycles. The molecule has 0 unspecified atom stereocenters. The van der Waals surface area contributed by atoms with Gasteiger partial charge in [0.05, 0.1) is 11.3 Å². The molecule has 0 saturated carbocycles. The Labute approximate surface area is 222 Å². The predicted octanol–water partition coefficient (Wildman–Crippen LogP) is 6.94. The summed E-state index contributed by atoms with van der Waals surface area (Å²) in [5, 5.41) is 0.321. The lowest BCUT2D eigenvalue weighted by molar-refractivity contribution is -0.137. The number of aromatic nitrogens is 3. The van der Waals surface area contributed by atoms with E-state index in [4.69, 9.17) is 16.3 Å². The molecule has 0 bridgehead atoms. The Bertz CT molecular complexity index is 1830. The smallest absolute Gasteiger partial charge is 0.419 e. The number of sulfonamides is 1. The van der Waals surface area contributed by atoms with Gasteiger partial charge in [0.15, 0.2) is 17.4 Å². The largest absolute Gasteiger partial charge is 0.453 e. The van der Waals surface area contributed by atoms with E-state index in [9.17, 15) is 26.0 Å². The molecule has 5 aromatic rings. The number of fused-ring (bicyclic) bond motifs is 1. The molecule has 0 spiro atoms. The predicted molar refractivity (Wildman–Crippen MR) is 132 cm³/mol. The van der Waals surface area contributed by atoms with Crippen LogP contribution in [0, 0.1) is 11.6 Å². The highest BCUT2D eigenvalue weighted by Gasteiger charge is 2.36. The van der Waals surface area contributed by atoms with Gasteiger partial charge in [-0.05, 0) is 42.5 Å². The van der Waals surface area contributed by atoms with Gasteiger partial charge in [0.2, 0.25) is 0 Å². The van der Waals surface area contributed by atoms with Crippen molar-refractivity contribution in [3.05, 3.63) is 101 Å². The van der Waals surface area contributed by atoms with E-state index in [2.05, 4.69) is 9.97 Å². The van der Waals surface area contributed by atoms with E-state index < -0.39 is 49.9 Å². The summed E-state index contributed by atoms with van der Waals surface area (Å²) in [6.45, 7) is 0. The number of halogens is 6. The highest BCUT2D eigenvalue weighted by molar-refractivity contribution is 7.92. The molecule has 0 aliphatic carbocycles. The van der Waals surface area contributed by atoms with Crippen LogP contribution >= 0.6 is 11.6 Å². The Morgan fingerprint density at radius 3 is 2.46 bits per heavy atom. The summed E-state index contributed by atoms with van der Waals surface area (Å²) in [7, 11) is -5.02. The number of nitrogens with zero attached hydrogens (tertiary/aromatic N) is 3. The lowest BCUT2D eigenvalue weighted by Gasteiger charge is -2.16. The van der Waals surface area contributed by atoms with E-state index in [0.29, 0.717) is 40.1 Å². The molecule has 3 heterocycles. The Morgan fingerprint density at radius 2 is 1.69 bits per heavy atom. The summed E-state index contributed by atoms with van der Waals surface area (Å²) in [5.74, 6) is -4.49. The van der Waals surface area contributed by atoms with Crippen LogP contribution in [-0.2, 0) is 16.2 Å². The Morgan fingerprint density at radius 1 is 0.897 bits per heavy atom. The van der Waals surface area contributed by atoms with Crippen LogP contribution in [-0.4, -0.2) is 22.8 Å². The molecule has 0 amide bonds. The third kappa shape index (κ3) is 5.22. The molecule has 0 atom stereocenters. The highest BCUT2D eigenvalue weighted by Crippen LogP contribution is 2.38. The lowest BCUT2D eigenvalue weighted by atomic mass is 10.1. The van der Waals surface area contributed by atoms with Gasteiger partial charge in [-0.25, -0.2) is 27.2 Å². The van der Waals surface area contributed by atoms with Crippen molar-refractivity contribution >= 4 is 33.1 Å². The maximum Gasteiger partial charge on any atom is 0.419 e. The topological polar surface area (TPSA) is 85.6 Å². The van der Waals surface area contributed by atoms with Crippen LogP contribution < -0.4 is 9.46 Å². The van der Waals surface area contributed by atoms with Gasteiger partial charge >= 0.3 is 6.18 Å². The third-order valence-corrected chi connectivity index (χ3v) is 7.07. The molecular formula is C25H14ClF5N4O3S. The number of hydrogen-bond donors (Lipinski definition) is 1. The van der Waals surface area contributed by atoms with Gasteiger partial charge in [-0.3, -0.25) is 9.12 Å². The monoisotopic (exact) mass is 580 g/mol. The molecule has 7 nitrogen and oxygen atoms in total. The van der Waals surface area contributed by atoms with Gasteiger partial charge in [-0.1, -0.05) is 17.7 Å². The van der Waals surface area contributed by atoms with Crippen molar-refractivity contribution in [3.8, 4) is 22.8 Å².